The summed E-state index contributed by atoms with van der Waals surface area (Å²) >= 11 is 3.40. The molecule has 30 heavy (non-hydrogen) atoms. The number of nitrogens with one attached hydrogen (secondary N) is 1. The lowest BCUT2D eigenvalue weighted by Gasteiger charge is -2.11. The highest BCUT2D eigenvalue weighted by Crippen LogP contribution is 2.23. The Bertz CT molecular complexity index is 1210. The van der Waals surface area contributed by atoms with Crippen molar-refractivity contribution in [2.45, 2.75) is 26.7 Å². The third kappa shape index (κ3) is 4.46. The molecular formula is C21H19BrN6O2. The monoisotopic (exact) mass is 466 g/mol. The molecule has 152 valence electrons. The normalized spacial score (nSPS) is 10.9. The summed E-state index contributed by atoms with van der Waals surface area (Å²) in [6, 6.07) is 11.0. The Morgan fingerprint density at radius 3 is 2.83 bits per heavy atom. The second kappa shape index (κ2) is 8.58. The summed E-state index contributed by atoms with van der Waals surface area (Å²) in [5.41, 5.74) is 3.41. The Balaban J connectivity index is 1.36. The molecule has 3 aromatic heterocycles. The molecule has 3 heterocycles. The van der Waals surface area contributed by atoms with E-state index >= 15 is 0 Å². The van der Waals surface area contributed by atoms with Gasteiger partial charge in [-0.05, 0) is 50.1 Å². The van der Waals surface area contributed by atoms with Gasteiger partial charge in [-0.1, -0.05) is 22.0 Å². The molecule has 0 radical (unpaired) electrons. The van der Waals surface area contributed by atoms with E-state index in [1.54, 1.807) is 22.8 Å². The fourth-order valence-electron chi connectivity index (χ4n) is 3.15. The smallest absolute Gasteiger partial charge is 0.252 e. The van der Waals surface area contributed by atoms with E-state index in [2.05, 4.69) is 41.3 Å². The Hall–Kier alpha value is -3.33. The van der Waals surface area contributed by atoms with Crippen LogP contribution in [0.5, 0.6) is 11.6 Å². The van der Waals surface area contributed by atoms with Crippen LogP contribution in [0.25, 0.3) is 5.78 Å². The first kappa shape index (κ1) is 20.0. The number of carbonyl (C=O) groups is 1. The first-order chi connectivity index (χ1) is 14.5. The molecule has 8 nitrogen and oxygen atoms in total. The van der Waals surface area contributed by atoms with Crippen molar-refractivity contribution >= 4 is 33.3 Å². The van der Waals surface area contributed by atoms with E-state index in [0.717, 1.165) is 21.4 Å². The molecule has 1 N–H and O–H groups in total. The SMILES string of the molecule is Cc1nc2ncnn2c(C)c1CCC(=O)Nc1ccc(Oc2cccc(Br)c2)nc1. The van der Waals surface area contributed by atoms with Crippen molar-refractivity contribution in [1.29, 1.82) is 0 Å². The van der Waals surface area contributed by atoms with Gasteiger partial charge in [0.25, 0.3) is 5.78 Å². The number of pyridine rings is 1. The van der Waals surface area contributed by atoms with E-state index < -0.39 is 0 Å². The third-order valence-electron chi connectivity index (χ3n) is 4.63. The number of hydrogen-bond acceptors (Lipinski definition) is 6. The Labute approximate surface area is 181 Å². The van der Waals surface area contributed by atoms with E-state index in [1.165, 1.54) is 6.33 Å². The van der Waals surface area contributed by atoms with Crippen LogP contribution >= 0.6 is 15.9 Å². The zero-order valence-electron chi connectivity index (χ0n) is 16.5. The van der Waals surface area contributed by atoms with Crippen LogP contribution < -0.4 is 10.1 Å². The van der Waals surface area contributed by atoms with Crippen molar-refractivity contribution in [2.24, 2.45) is 0 Å². The molecule has 0 atom stereocenters. The number of ether oxygens (including phenoxy) is 1. The second-order valence-electron chi connectivity index (χ2n) is 6.73. The van der Waals surface area contributed by atoms with Gasteiger partial charge in [-0.2, -0.15) is 10.1 Å². The maximum absolute atomic E-state index is 12.4. The van der Waals surface area contributed by atoms with E-state index in [0.29, 0.717) is 35.9 Å². The average Bonchev–Trinajstić information content (AvgIpc) is 3.18. The maximum atomic E-state index is 12.4. The summed E-state index contributed by atoms with van der Waals surface area (Å²) in [6.45, 7) is 3.88. The number of anilines is 1. The van der Waals surface area contributed by atoms with E-state index in [-0.39, 0.29) is 5.91 Å². The first-order valence-corrected chi connectivity index (χ1v) is 10.1. The van der Waals surface area contributed by atoms with Crippen LogP contribution in [0.4, 0.5) is 5.69 Å². The van der Waals surface area contributed by atoms with Gasteiger partial charge in [-0.3, -0.25) is 4.79 Å². The quantitative estimate of drug-likeness (QED) is 0.456. The zero-order valence-corrected chi connectivity index (χ0v) is 18.0. The molecular weight excluding hydrogens is 448 g/mol. The molecule has 0 aliphatic heterocycles. The number of carbonyl (C=O) groups excluding carboxylic acids is 1. The van der Waals surface area contributed by atoms with Gasteiger partial charge < -0.3 is 10.1 Å². The van der Waals surface area contributed by atoms with Gasteiger partial charge >= 0.3 is 0 Å². The van der Waals surface area contributed by atoms with Crippen molar-refractivity contribution in [1.82, 2.24) is 24.6 Å². The second-order valence-corrected chi connectivity index (χ2v) is 7.64. The fraction of sp³-hybridized carbons (Fsp3) is 0.190. The van der Waals surface area contributed by atoms with Gasteiger partial charge in [-0.15, -0.1) is 0 Å². The summed E-state index contributed by atoms with van der Waals surface area (Å²) in [6.07, 6.45) is 3.93. The number of benzene rings is 1. The highest BCUT2D eigenvalue weighted by molar-refractivity contribution is 9.10. The number of fused-ring (bicyclic) bond motifs is 1. The van der Waals surface area contributed by atoms with Gasteiger partial charge in [0.05, 0.1) is 11.9 Å². The molecule has 0 aliphatic rings. The Morgan fingerprint density at radius 2 is 2.07 bits per heavy atom. The molecule has 0 bridgehead atoms. The standard InChI is InChI=1S/C21H19BrN6O2/c1-13-18(14(2)28-21(26-13)24-12-25-28)7-8-19(29)27-16-6-9-20(23-11-16)30-17-5-3-4-15(22)10-17/h3-6,9-12H,7-8H2,1-2H3,(H,27,29). The molecule has 4 rings (SSSR count). The van der Waals surface area contributed by atoms with E-state index in [4.69, 9.17) is 4.74 Å². The molecule has 0 fully saturated rings. The lowest BCUT2D eigenvalue weighted by molar-refractivity contribution is -0.116. The number of halogens is 1. The van der Waals surface area contributed by atoms with Crippen molar-refractivity contribution in [2.75, 3.05) is 5.32 Å². The van der Waals surface area contributed by atoms with Crippen LogP contribution in [0.15, 0.2) is 53.4 Å². The number of hydrogen-bond donors (Lipinski definition) is 1. The predicted octanol–water partition coefficient (Wildman–Crippen LogP) is 4.26. The molecule has 0 saturated carbocycles. The molecule has 9 heteroatoms. The van der Waals surface area contributed by atoms with Crippen LogP contribution in [0.2, 0.25) is 0 Å². The topological polar surface area (TPSA) is 94.3 Å². The predicted molar refractivity (Wildman–Crippen MR) is 116 cm³/mol. The van der Waals surface area contributed by atoms with Crippen LogP contribution in [0.3, 0.4) is 0 Å². The summed E-state index contributed by atoms with van der Waals surface area (Å²) in [5, 5.41) is 7.04. The lowest BCUT2D eigenvalue weighted by Crippen LogP contribution is -2.14. The van der Waals surface area contributed by atoms with Gasteiger partial charge in [-0.25, -0.2) is 14.5 Å². The third-order valence-corrected chi connectivity index (χ3v) is 5.12. The molecule has 4 aromatic rings. The van der Waals surface area contributed by atoms with Crippen LogP contribution in [0.1, 0.15) is 23.4 Å². The molecule has 0 saturated heterocycles. The van der Waals surface area contributed by atoms with Crippen molar-refractivity contribution in [3.63, 3.8) is 0 Å². The van der Waals surface area contributed by atoms with E-state index in [9.17, 15) is 4.79 Å². The molecule has 1 amide bonds. The van der Waals surface area contributed by atoms with Gasteiger partial charge in [0.1, 0.15) is 12.1 Å². The largest absolute Gasteiger partial charge is 0.439 e. The summed E-state index contributed by atoms with van der Waals surface area (Å²) in [5.74, 6) is 1.59. The molecule has 0 spiro atoms. The molecule has 0 unspecified atom stereocenters. The fourth-order valence-corrected chi connectivity index (χ4v) is 3.52. The summed E-state index contributed by atoms with van der Waals surface area (Å²) in [7, 11) is 0. The molecule has 1 aromatic carbocycles. The number of amides is 1. The van der Waals surface area contributed by atoms with Gasteiger partial charge in [0, 0.05) is 28.3 Å². The number of rotatable bonds is 6. The van der Waals surface area contributed by atoms with Crippen molar-refractivity contribution in [3.8, 4) is 11.6 Å². The van der Waals surface area contributed by atoms with Crippen LogP contribution in [-0.2, 0) is 11.2 Å². The Kier molecular flexibility index (Phi) is 5.71. The number of aromatic nitrogens is 5. The van der Waals surface area contributed by atoms with Gasteiger partial charge in [0.2, 0.25) is 11.8 Å². The lowest BCUT2D eigenvalue weighted by atomic mass is 10.1. The Morgan fingerprint density at radius 1 is 1.20 bits per heavy atom. The van der Waals surface area contributed by atoms with Crippen molar-refractivity contribution < 1.29 is 9.53 Å². The minimum atomic E-state index is -0.102. The highest BCUT2D eigenvalue weighted by Gasteiger charge is 2.13. The zero-order chi connectivity index (χ0) is 21.1. The van der Waals surface area contributed by atoms with Crippen LogP contribution in [-0.4, -0.2) is 30.5 Å². The number of nitrogens with zero attached hydrogens (tertiary/aromatic N) is 5. The number of aryl methyl sites for hydroxylation is 2. The molecule has 0 aliphatic carbocycles. The first-order valence-electron chi connectivity index (χ1n) is 9.35. The minimum absolute atomic E-state index is 0.102. The van der Waals surface area contributed by atoms with Crippen LogP contribution in [0, 0.1) is 13.8 Å². The minimum Gasteiger partial charge on any atom is -0.439 e. The van der Waals surface area contributed by atoms with E-state index in [1.807, 2.05) is 38.1 Å². The average molecular weight is 467 g/mol. The maximum Gasteiger partial charge on any atom is 0.252 e. The summed E-state index contributed by atoms with van der Waals surface area (Å²) in [4.78, 5) is 25.2. The van der Waals surface area contributed by atoms with Crippen molar-refractivity contribution in [3.05, 3.63) is 70.3 Å². The summed E-state index contributed by atoms with van der Waals surface area (Å²) < 4.78 is 8.32. The van der Waals surface area contributed by atoms with Gasteiger partial charge in [0.15, 0.2) is 0 Å². The highest BCUT2D eigenvalue weighted by atomic mass is 79.9.